The van der Waals surface area contributed by atoms with Gasteiger partial charge in [-0.1, -0.05) is 25.1 Å². The molecular weight excluding hydrogens is 370 g/mol. The Bertz CT molecular complexity index is 947. The largest absolute Gasteiger partial charge is 0.339 e. The molecule has 7 heteroatoms. The van der Waals surface area contributed by atoms with Gasteiger partial charge in [0.05, 0.1) is 4.92 Å². The van der Waals surface area contributed by atoms with Crippen LogP contribution in [-0.4, -0.2) is 34.7 Å². The number of rotatable bonds is 5. The topological polar surface area (TPSA) is 92.6 Å². The molecule has 0 atom stereocenters. The lowest BCUT2D eigenvalue weighted by molar-refractivity contribution is -0.384. The van der Waals surface area contributed by atoms with Gasteiger partial charge in [0.1, 0.15) is 0 Å². The molecule has 150 valence electrons. The van der Waals surface area contributed by atoms with E-state index in [1.165, 1.54) is 24.3 Å². The fourth-order valence-corrected chi connectivity index (χ4v) is 3.22. The first-order chi connectivity index (χ1) is 13.9. The summed E-state index contributed by atoms with van der Waals surface area (Å²) in [6.45, 7) is 3.70. The van der Waals surface area contributed by atoms with Crippen molar-refractivity contribution in [2.24, 2.45) is 5.92 Å². The van der Waals surface area contributed by atoms with Crippen LogP contribution in [0, 0.1) is 16.0 Å². The van der Waals surface area contributed by atoms with Crippen molar-refractivity contribution < 1.29 is 14.5 Å². The first-order valence-electron chi connectivity index (χ1n) is 9.55. The number of nitrogens with zero attached hydrogens (tertiary/aromatic N) is 2. The number of carbonyl (C=O) groups is 2. The van der Waals surface area contributed by atoms with E-state index in [-0.39, 0.29) is 17.5 Å². The van der Waals surface area contributed by atoms with E-state index in [1.807, 2.05) is 4.90 Å². The van der Waals surface area contributed by atoms with Crippen LogP contribution < -0.4 is 5.32 Å². The molecule has 2 aromatic carbocycles. The SMILES string of the molecule is CC1CCN(C(=O)c2cccc(NC(=O)/C=C/c3cccc([N+](=O)[O-])c3)c2)CC1. The Hall–Kier alpha value is -3.48. The predicted octanol–water partition coefficient (Wildman–Crippen LogP) is 4.12. The van der Waals surface area contributed by atoms with Gasteiger partial charge in [-0.3, -0.25) is 19.7 Å². The highest BCUT2D eigenvalue weighted by Crippen LogP contribution is 2.20. The highest BCUT2D eigenvalue weighted by molar-refractivity contribution is 6.03. The lowest BCUT2D eigenvalue weighted by Gasteiger charge is -2.30. The lowest BCUT2D eigenvalue weighted by atomic mass is 9.98. The van der Waals surface area contributed by atoms with Crippen molar-refractivity contribution >= 4 is 29.3 Å². The minimum atomic E-state index is -0.483. The van der Waals surface area contributed by atoms with E-state index in [9.17, 15) is 19.7 Å². The molecule has 29 heavy (non-hydrogen) atoms. The van der Waals surface area contributed by atoms with E-state index >= 15 is 0 Å². The minimum absolute atomic E-state index is 0.0277. The Morgan fingerprint density at radius 3 is 2.59 bits per heavy atom. The number of nitro groups is 1. The Morgan fingerprint density at radius 2 is 1.86 bits per heavy atom. The van der Waals surface area contributed by atoms with Gasteiger partial charge < -0.3 is 10.2 Å². The van der Waals surface area contributed by atoms with Crippen LogP contribution in [0.2, 0.25) is 0 Å². The van der Waals surface area contributed by atoms with Crippen LogP contribution in [0.5, 0.6) is 0 Å². The van der Waals surface area contributed by atoms with Crippen molar-refractivity contribution in [3.8, 4) is 0 Å². The number of benzene rings is 2. The number of hydrogen-bond donors (Lipinski definition) is 1. The van der Waals surface area contributed by atoms with Gasteiger partial charge in [0.25, 0.3) is 11.6 Å². The van der Waals surface area contributed by atoms with Gasteiger partial charge >= 0.3 is 0 Å². The summed E-state index contributed by atoms with van der Waals surface area (Å²) < 4.78 is 0. The summed E-state index contributed by atoms with van der Waals surface area (Å²) in [6, 6.07) is 12.9. The standard InChI is InChI=1S/C22H23N3O4/c1-16-10-12-24(13-11-16)22(27)18-5-3-6-19(15-18)23-21(26)9-8-17-4-2-7-20(14-17)25(28)29/h2-9,14-16H,10-13H2,1H3,(H,23,26)/b9-8+. The van der Waals surface area contributed by atoms with Crippen molar-refractivity contribution in [3.05, 3.63) is 75.8 Å². The molecule has 1 N–H and O–H groups in total. The van der Waals surface area contributed by atoms with Crippen molar-refractivity contribution in [1.82, 2.24) is 4.90 Å². The normalized spacial score (nSPS) is 14.7. The molecule has 0 radical (unpaired) electrons. The van der Waals surface area contributed by atoms with Crippen molar-refractivity contribution in [2.75, 3.05) is 18.4 Å². The maximum Gasteiger partial charge on any atom is 0.270 e. The second kappa shape index (κ2) is 9.14. The van der Waals surface area contributed by atoms with Crippen molar-refractivity contribution in [3.63, 3.8) is 0 Å². The van der Waals surface area contributed by atoms with Gasteiger partial charge in [0.15, 0.2) is 0 Å². The first-order valence-corrected chi connectivity index (χ1v) is 9.55. The Balaban J connectivity index is 1.63. The molecule has 1 aliphatic heterocycles. The zero-order valence-corrected chi connectivity index (χ0v) is 16.2. The number of nitro benzene ring substituents is 1. The zero-order valence-electron chi connectivity index (χ0n) is 16.2. The number of nitrogens with one attached hydrogen (secondary N) is 1. The molecule has 1 aliphatic rings. The fourth-order valence-electron chi connectivity index (χ4n) is 3.22. The number of anilines is 1. The Morgan fingerprint density at radius 1 is 1.14 bits per heavy atom. The molecule has 1 saturated heterocycles. The molecule has 1 heterocycles. The van der Waals surface area contributed by atoms with Gasteiger partial charge in [-0.25, -0.2) is 0 Å². The number of piperidine rings is 1. The van der Waals surface area contributed by atoms with Gasteiger partial charge in [0.2, 0.25) is 5.91 Å². The van der Waals surface area contributed by atoms with E-state index in [1.54, 1.807) is 36.4 Å². The summed E-state index contributed by atoms with van der Waals surface area (Å²) in [6.07, 6.45) is 4.82. The van der Waals surface area contributed by atoms with Gasteiger partial charge in [-0.2, -0.15) is 0 Å². The molecule has 3 rings (SSSR count). The first kappa shape index (κ1) is 20.3. The van der Waals surface area contributed by atoms with E-state index < -0.39 is 4.92 Å². The third-order valence-corrected chi connectivity index (χ3v) is 4.96. The molecule has 1 fully saturated rings. The van der Waals surface area contributed by atoms with E-state index in [0.717, 1.165) is 25.9 Å². The average Bonchev–Trinajstić information content (AvgIpc) is 2.73. The number of non-ortho nitro benzene ring substituents is 1. The summed E-state index contributed by atoms with van der Waals surface area (Å²) in [7, 11) is 0. The predicted molar refractivity (Wildman–Crippen MR) is 112 cm³/mol. The molecular formula is C22H23N3O4. The molecule has 2 amide bonds. The second-order valence-corrected chi connectivity index (χ2v) is 7.23. The molecule has 0 aromatic heterocycles. The van der Waals surface area contributed by atoms with Crippen LogP contribution in [0.1, 0.15) is 35.7 Å². The average molecular weight is 393 g/mol. The maximum absolute atomic E-state index is 12.7. The van der Waals surface area contributed by atoms with E-state index in [2.05, 4.69) is 12.2 Å². The van der Waals surface area contributed by atoms with Crippen LogP contribution in [0.3, 0.4) is 0 Å². The van der Waals surface area contributed by atoms with Crippen LogP contribution >= 0.6 is 0 Å². The summed E-state index contributed by atoms with van der Waals surface area (Å²) >= 11 is 0. The molecule has 7 nitrogen and oxygen atoms in total. The molecule has 0 aliphatic carbocycles. The Kier molecular flexibility index (Phi) is 6.39. The van der Waals surface area contributed by atoms with Crippen molar-refractivity contribution in [1.29, 1.82) is 0 Å². The second-order valence-electron chi connectivity index (χ2n) is 7.23. The van der Waals surface area contributed by atoms with E-state index in [0.29, 0.717) is 22.7 Å². The molecule has 2 aromatic rings. The van der Waals surface area contributed by atoms with Gasteiger partial charge in [-0.15, -0.1) is 0 Å². The zero-order chi connectivity index (χ0) is 20.8. The van der Waals surface area contributed by atoms with Crippen LogP contribution in [0.4, 0.5) is 11.4 Å². The summed E-state index contributed by atoms with van der Waals surface area (Å²) in [5, 5.41) is 13.5. The molecule has 0 spiro atoms. The van der Waals surface area contributed by atoms with Crippen LogP contribution in [-0.2, 0) is 4.79 Å². The van der Waals surface area contributed by atoms with Crippen LogP contribution in [0.25, 0.3) is 6.08 Å². The smallest absolute Gasteiger partial charge is 0.270 e. The number of amides is 2. The molecule has 0 saturated carbocycles. The third kappa shape index (κ3) is 5.51. The van der Waals surface area contributed by atoms with Crippen LogP contribution in [0.15, 0.2) is 54.6 Å². The number of carbonyl (C=O) groups excluding carboxylic acids is 2. The number of likely N-dealkylation sites (tertiary alicyclic amines) is 1. The van der Waals surface area contributed by atoms with Gasteiger partial charge in [-0.05, 0) is 48.6 Å². The highest BCUT2D eigenvalue weighted by Gasteiger charge is 2.21. The summed E-state index contributed by atoms with van der Waals surface area (Å²) in [5.41, 5.74) is 1.58. The fraction of sp³-hybridized carbons (Fsp3) is 0.273. The highest BCUT2D eigenvalue weighted by atomic mass is 16.6. The monoisotopic (exact) mass is 393 g/mol. The third-order valence-electron chi connectivity index (χ3n) is 4.96. The minimum Gasteiger partial charge on any atom is -0.339 e. The maximum atomic E-state index is 12.7. The molecule has 0 unspecified atom stereocenters. The van der Waals surface area contributed by atoms with Gasteiger partial charge in [0, 0.05) is 42.5 Å². The summed E-state index contributed by atoms with van der Waals surface area (Å²) in [4.78, 5) is 37.1. The summed E-state index contributed by atoms with van der Waals surface area (Å²) in [5.74, 6) is 0.232. The molecule has 0 bridgehead atoms. The van der Waals surface area contributed by atoms with E-state index in [4.69, 9.17) is 0 Å². The number of hydrogen-bond acceptors (Lipinski definition) is 4. The lowest BCUT2D eigenvalue weighted by Crippen LogP contribution is -2.37. The quantitative estimate of drug-likeness (QED) is 0.470. The van der Waals surface area contributed by atoms with Crippen molar-refractivity contribution in [2.45, 2.75) is 19.8 Å². The Labute approximate surface area is 169 Å².